The maximum absolute atomic E-state index is 12.9. The van der Waals surface area contributed by atoms with Crippen molar-refractivity contribution in [2.75, 3.05) is 0 Å². The first-order chi connectivity index (χ1) is 9.32. The molecule has 3 nitrogen and oxygen atoms in total. The summed E-state index contributed by atoms with van der Waals surface area (Å²) in [5.74, 6) is -0.455. The molecule has 0 aliphatic heterocycles. The van der Waals surface area contributed by atoms with E-state index in [0.29, 0.717) is 5.56 Å². The Morgan fingerprint density at radius 1 is 1.10 bits per heavy atom. The van der Waals surface area contributed by atoms with Crippen LogP contribution in [0.3, 0.4) is 0 Å². The minimum Gasteiger partial charge on any atom is -0.258 e. The van der Waals surface area contributed by atoms with Crippen LogP contribution in [0.4, 0.5) is 10.1 Å². The van der Waals surface area contributed by atoms with Crippen LogP contribution >= 0.6 is 34.8 Å². The number of halogens is 4. The molecule has 2 aromatic carbocycles. The Labute approximate surface area is 129 Å². The fourth-order valence-corrected chi connectivity index (χ4v) is 2.47. The van der Waals surface area contributed by atoms with Crippen molar-refractivity contribution in [1.82, 2.24) is 0 Å². The van der Waals surface area contributed by atoms with E-state index in [4.69, 9.17) is 34.8 Å². The number of rotatable bonds is 3. The second-order valence-electron chi connectivity index (χ2n) is 4.00. The molecule has 0 aliphatic rings. The van der Waals surface area contributed by atoms with Crippen LogP contribution in [0.15, 0.2) is 42.5 Å². The van der Waals surface area contributed by atoms with Crippen molar-refractivity contribution < 1.29 is 9.31 Å². The van der Waals surface area contributed by atoms with Crippen molar-refractivity contribution >= 4 is 40.5 Å². The van der Waals surface area contributed by atoms with E-state index < -0.39 is 15.1 Å². The lowest BCUT2D eigenvalue weighted by molar-refractivity contribution is -0.385. The molecule has 0 aromatic heterocycles. The summed E-state index contributed by atoms with van der Waals surface area (Å²) in [4.78, 5) is 10.5. The van der Waals surface area contributed by atoms with E-state index in [1.54, 1.807) is 0 Å². The summed E-state index contributed by atoms with van der Waals surface area (Å²) in [6, 6.07) is 9.09. The molecular weight excluding hydrogens is 328 g/mol. The Morgan fingerprint density at radius 3 is 2.25 bits per heavy atom. The molecule has 0 saturated carbocycles. The fraction of sp³-hybridized carbons (Fsp3) is 0.0769. The molecule has 0 bridgehead atoms. The van der Waals surface area contributed by atoms with Gasteiger partial charge < -0.3 is 0 Å². The number of nitro groups is 1. The zero-order chi connectivity index (χ0) is 14.9. The van der Waals surface area contributed by atoms with E-state index in [2.05, 4.69) is 0 Å². The summed E-state index contributed by atoms with van der Waals surface area (Å²) in [6.07, 6.45) is 0. The highest BCUT2D eigenvalue weighted by atomic mass is 35.5. The van der Waals surface area contributed by atoms with Gasteiger partial charge in [-0.15, -0.1) is 0 Å². The third-order valence-electron chi connectivity index (χ3n) is 2.70. The number of hydrogen-bond acceptors (Lipinski definition) is 2. The van der Waals surface area contributed by atoms with Gasteiger partial charge in [0.05, 0.1) is 10.5 Å². The number of alkyl halides is 2. The van der Waals surface area contributed by atoms with Gasteiger partial charge in [0.15, 0.2) is 4.33 Å². The first-order valence-corrected chi connectivity index (χ1v) is 6.54. The fourth-order valence-electron chi connectivity index (χ4n) is 1.74. The molecule has 0 atom stereocenters. The van der Waals surface area contributed by atoms with Crippen molar-refractivity contribution in [2.24, 2.45) is 0 Å². The van der Waals surface area contributed by atoms with Gasteiger partial charge in [-0.2, -0.15) is 0 Å². The van der Waals surface area contributed by atoms with Crippen LogP contribution in [0.1, 0.15) is 11.1 Å². The van der Waals surface area contributed by atoms with E-state index in [0.717, 1.165) is 0 Å². The van der Waals surface area contributed by atoms with Gasteiger partial charge >= 0.3 is 0 Å². The van der Waals surface area contributed by atoms with Crippen LogP contribution in [0.2, 0.25) is 5.02 Å². The zero-order valence-electron chi connectivity index (χ0n) is 9.82. The largest absolute Gasteiger partial charge is 0.277 e. The molecular formula is C13H7Cl3FNO2. The van der Waals surface area contributed by atoms with Crippen molar-refractivity contribution in [3.63, 3.8) is 0 Å². The molecule has 7 heteroatoms. The molecule has 104 valence electrons. The highest BCUT2D eigenvalue weighted by Crippen LogP contribution is 2.45. The monoisotopic (exact) mass is 333 g/mol. The molecule has 0 spiro atoms. The van der Waals surface area contributed by atoms with Gasteiger partial charge in [0.25, 0.3) is 5.69 Å². The summed E-state index contributed by atoms with van der Waals surface area (Å²) in [5.41, 5.74) is 0.0984. The Kier molecular flexibility index (Phi) is 4.18. The van der Waals surface area contributed by atoms with Gasteiger partial charge in [-0.3, -0.25) is 10.1 Å². The number of benzene rings is 2. The van der Waals surface area contributed by atoms with Crippen molar-refractivity contribution in [3.05, 3.63) is 74.5 Å². The van der Waals surface area contributed by atoms with Crippen LogP contribution in [0.25, 0.3) is 0 Å². The molecule has 0 saturated heterocycles. The number of nitro benzene ring substituents is 1. The van der Waals surface area contributed by atoms with Gasteiger partial charge in [0.1, 0.15) is 5.82 Å². The molecule has 0 radical (unpaired) electrons. The summed E-state index contributed by atoms with van der Waals surface area (Å²) < 4.78 is 11.2. The topological polar surface area (TPSA) is 43.1 Å². The summed E-state index contributed by atoms with van der Waals surface area (Å²) in [6.45, 7) is 0. The normalized spacial score (nSPS) is 11.4. The molecule has 0 fully saturated rings. The van der Waals surface area contributed by atoms with E-state index in [9.17, 15) is 14.5 Å². The van der Waals surface area contributed by atoms with Gasteiger partial charge in [-0.25, -0.2) is 4.39 Å². The van der Waals surface area contributed by atoms with Crippen molar-refractivity contribution in [2.45, 2.75) is 4.33 Å². The average molecular weight is 335 g/mol. The Hall–Kier alpha value is -1.36. The molecule has 0 N–H and O–H groups in total. The number of nitrogens with zero attached hydrogens (tertiary/aromatic N) is 1. The first-order valence-electron chi connectivity index (χ1n) is 5.40. The quantitative estimate of drug-likeness (QED) is 0.447. The van der Waals surface area contributed by atoms with E-state index in [-0.39, 0.29) is 16.3 Å². The minimum absolute atomic E-state index is 0.0711. The van der Waals surface area contributed by atoms with Crippen molar-refractivity contribution in [3.8, 4) is 0 Å². The maximum atomic E-state index is 12.9. The van der Waals surface area contributed by atoms with Crippen LogP contribution < -0.4 is 0 Å². The third kappa shape index (κ3) is 2.87. The molecule has 2 rings (SSSR count). The van der Waals surface area contributed by atoms with Crippen LogP contribution in [0.5, 0.6) is 0 Å². The summed E-state index contributed by atoms with van der Waals surface area (Å²) >= 11 is 18.2. The lowest BCUT2D eigenvalue weighted by Crippen LogP contribution is -2.14. The zero-order valence-corrected chi connectivity index (χ0v) is 12.1. The highest BCUT2D eigenvalue weighted by Gasteiger charge is 2.35. The molecule has 0 unspecified atom stereocenters. The molecule has 0 amide bonds. The van der Waals surface area contributed by atoms with Gasteiger partial charge in [-0.05, 0) is 29.8 Å². The average Bonchev–Trinajstić information content (AvgIpc) is 2.38. The van der Waals surface area contributed by atoms with Gasteiger partial charge in [0, 0.05) is 11.1 Å². The molecule has 2 aromatic rings. The van der Waals surface area contributed by atoms with Crippen molar-refractivity contribution in [1.29, 1.82) is 0 Å². The van der Waals surface area contributed by atoms with E-state index >= 15 is 0 Å². The highest BCUT2D eigenvalue weighted by molar-refractivity contribution is 6.50. The second-order valence-corrected chi connectivity index (χ2v) is 5.76. The summed E-state index contributed by atoms with van der Waals surface area (Å²) in [5, 5.41) is 11.3. The number of hydrogen-bond donors (Lipinski definition) is 0. The predicted octanol–water partition coefficient (Wildman–Crippen LogP) is 5.07. The minimum atomic E-state index is -1.68. The lowest BCUT2D eigenvalue weighted by atomic mass is 10.0. The van der Waals surface area contributed by atoms with Gasteiger partial charge in [0.2, 0.25) is 0 Å². The predicted molar refractivity (Wildman–Crippen MR) is 77.0 cm³/mol. The SMILES string of the molecule is O=[N+]([O-])c1cc(Cl)ccc1C(Cl)(Cl)c1ccc(F)cc1. The Bertz CT molecular complexity index is 659. The van der Waals surface area contributed by atoms with Crippen LogP contribution in [-0.4, -0.2) is 4.92 Å². The van der Waals surface area contributed by atoms with E-state index in [1.165, 1.54) is 42.5 Å². The second kappa shape index (κ2) is 5.56. The smallest absolute Gasteiger partial charge is 0.258 e. The summed E-state index contributed by atoms with van der Waals surface area (Å²) in [7, 11) is 0. The van der Waals surface area contributed by atoms with Crippen LogP contribution in [-0.2, 0) is 4.33 Å². The first kappa shape index (κ1) is 15.0. The lowest BCUT2D eigenvalue weighted by Gasteiger charge is -2.20. The standard InChI is InChI=1S/C13H7Cl3FNO2/c14-9-3-6-11(12(7-9)18(19)20)13(15,16)8-1-4-10(17)5-2-8/h1-7H. The molecule has 0 heterocycles. The Balaban J connectivity index is 2.59. The van der Waals surface area contributed by atoms with Gasteiger partial charge in [-0.1, -0.05) is 46.9 Å². The molecule has 20 heavy (non-hydrogen) atoms. The molecule has 0 aliphatic carbocycles. The van der Waals surface area contributed by atoms with Crippen LogP contribution in [0, 0.1) is 15.9 Å². The third-order valence-corrected chi connectivity index (χ3v) is 3.78. The maximum Gasteiger partial charge on any atom is 0.277 e. The van der Waals surface area contributed by atoms with E-state index in [1.807, 2.05) is 0 Å². The Morgan fingerprint density at radius 2 is 1.70 bits per heavy atom.